The van der Waals surface area contributed by atoms with Gasteiger partial charge in [0.1, 0.15) is 5.82 Å². The minimum Gasteiger partial charge on any atom is -0.455 e. The maximum Gasteiger partial charge on any atom is 0.316 e. The number of hydrogen-bond acceptors (Lipinski definition) is 7. The number of rotatable bonds is 7. The van der Waals surface area contributed by atoms with Crippen LogP contribution in [0.3, 0.4) is 0 Å². The summed E-state index contributed by atoms with van der Waals surface area (Å²) in [4.78, 5) is 28.2. The molecule has 3 rings (SSSR count). The van der Waals surface area contributed by atoms with Crippen LogP contribution in [0.2, 0.25) is 0 Å². The highest BCUT2D eigenvalue weighted by molar-refractivity contribution is 8.01. The number of esters is 1. The first-order chi connectivity index (χ1) is 12.5. The number of para-hydroxylation sites is 1. The summed E-state index contributed by atoms with van der Waals surface area (Å²) in [6, 6.07) is 9.61. The van der Waals surface area contributed by atoms with Gasteiger partial charge in [-0.05, 0) is 26.0 Å². The summed E-state index contributed by atoms with van der Waals surface area (Å²) in [6.45, 7) is 3.59. The molecule has 2 aromatic heterocycles. The zero-order chi connectivity index (χ0) is 18.5. The van der Waals surface area contributed by atoms with Crippen LogP contribution >= 0.6 is 23.1 Å². The summed E-state index contributed by atoms with van der Waals surface area (Å²) in [6.07, 6.45) is 1.61. The number of fused-ring (bicyclic) bond motifs is 1. The second-order valence-electron chi connectivity index (χ2n) is 5.70. The maximum absolute atomic E-state index is 11.9. The molecular weight excluding hydrogens is 372 g/mol. The molecule has 0 saturated carbocycles. The van der Waals surface area contributed by atoms with Gasteiger partial charge in [0.05, 0.1) is 22.2 Å². The fourth-order valence-corrected chi connectivity index (χ4v) is 4.09. The smallest absolute Gasteiger partial charge is 0.316 e. The predicted octanol–water partition coefficient (Wildman–Crippen LogP) is 3.35. The highest BCUT2D eigenvalue weighted by Crippen LogP contribution is 2.29. The lowest BCUT2D eigenvalue weighted by Crippen LogP contribution is -2.23. The van der Waals surface area contributed by atoms with Crippen molar-refractivity contribution in [1.29, 1.82) is 0 Å². The van der Waals surface area contributed by atoms with Gasteiger partial charge in [-0.1, -0.05) is 23.9 Å². The normalized spacial score (nSPS) is 11.0. The van der Waals surface area contributed by atoms with Crippen molar-refractivity contribution in [2.75, 3.05) is 17.7 Å². The van der Waals surface area contributed by atoms with Gasteiger partial charge in [0.2, 0.25) is 0 Å². The SMILES string of the molecule is CC(C)n1nccc1NC(=O)COC(=O)CSc1nc2ccccc2s1. The summed E-state index contributed by atoms with van der Waals surface area (Å²) in [5, 5.41) is 6.82. The molecule has 0 saturated heterocycles. The maximum atomic E-state index is 11.9. The molecule has 0 aliphatic rings. The van der Waals surface area contributed by atoms with Crippen molar-refractivity contribution in [2.24, 2.45) is 0 Å². The highest BCUT2D eigenvalue weighted by Gasteiger charge is 2.13. The lowest BCUT2D eigenvalue weighted by molar-refractivity contribution is -0.144. The molecule has 1 amide bonds. The first-order valence-corrected chi connectivity index (χ1v) is 9.80. The van der Waals surface area contributed by atoms with Crippen LogP contribution in [0.25, 0.3) is 10.2 Å². The Morgan fingerprint density at radius 1 is 1.31 bits per heavy atom. The molecule has 1 N–H and O–H groups in total. The largest absolute Gasteiger partial charge is 0.455 e. The number of thiazole rings is 1. The Balaban J connectivity index is 1.44. The number of carbonyl (C=O) groups is 2. The lowest BCUT2D eigenvalue weighted by Gasteiger charge is -2.11. The van der Waals surface area contributed by atoms with E-state index >= 15 is 0 Å². The van der Waals surface area contributed by atoms with Crippen molar-refractivity contribution in [3.63, 3.8) is 0 Å². The molecule has 3 aromatic rings. The van der Waals surface area contributed by atoms with Crippen LogP contribution in [0.4, 0.5) is 5.82 Å². The summed E-state index contributed by atoms with van der Waals surface area (Å²) in [5.74, 6) is -0.172. The van der Waals surface area contributed by atoms with Gasteiger partial charge in [0.15, 0.2) is 10.9 Å². The van der Waals surface area contributed by atoms with Gasteiger partial charge in [-0.3, -0.25) is 9.59 Å². The van der Waals surface area contributed by atoms with E-state index in [1.165, 1.54) is 23.1 Å². The number of nitrogens with one attached hydrogen (secondary N) is 1. The third-order valence-electron chi connectivity index (χ3n) is 3.38. The van der Waals surface area contributed by atoms with Crippen molar-refractivity contribution in [2.45, 2.75) is 24.2 Å². The third kappa shape index (κ3) is 4.61. The van der Waals surface area contributed by atoms with Crippen LogP contribution in [0.1, 0.15) is 19.9 Å². The molecule has 0 atom stereocenters. The van der Waals surface area contributed by atoms with Crippen molar-refractivity contribution in [3.05, 3.63) is 36.5 Å². The molecule has 0 aliphatic carbocycles. The summed E-state index contributed by atoms with van der Waals surface area (Å²) >= 11 is 2.83. The van der Waals surface area contributed by atoms with E-state index in [2.05, 4.69) is 15.4 Å². The number of nitrogens with zero attached hydrogens (tertiary/aromatic N) is 3. The molecule has 0 aliphatic heterocycles. The van der Waals surface area contributed by atoms with Crippen LogP contribution in [0.5, 0.6) is 0 Å². The van der Waals surface area contributed by atoms with Crippen LogP contribution < -0.4 is 5.32 Å². The van der Waals surface area contributed by atoms with Gasteiger partial charge in [0, 0.05) is 12.1 Å². The van der Waals surface area contributed by atoms with Gasteiger partial charge in [-0.2, -0.15) is 5.10 Å². The monoisotopic (exact) mass is 390 g/mol. The first-order valence-electron chi connectivity index (χ1n) is 8.00. The van der Waals surface area contributed by atoms with Gasteiger partial charge < -0.3 is 10.1 Å². The quantitative estimate of drug-likeness (QED) is 0.492. The highest BCUT2D eigenvalue weighted by atomic mass is 32.2. The molecule has 26 heavy (non-hydrogen) atoms. The standard InChI is InChI=1S/C17H18N4O3S2/c1-11(2)21-14(7-8-18-21)20-15(22)9-24-16(23)10-25-17-19-12-5-3-4-6-13(12)26-17/h3-8,11H,9-10H2,1-2H3,(H,20,22). The van der Waals surface area contributed by atoms with E-state index < -0.39 is 11.9 Å². The van der Waals surface area contributed by atoms with Gasteiger partial charge in [-0.15, -0.1) is 11.3 Å². The number of hydrogen-bond donors (Lipinski definition) is 1. The van der Waals surface area contributed by atoms with E-state index in [-0.39, 0.29) is 18.4 Å². The zero-order valence-electron chi connectivity index (χ0n) is 14.3. The Labute approximate surface area is 158 Å². The van der Waals surface area contributed by atoms with E-state index in [1.54, 1.807) is 16.9 Å². The fraction of sp³-hybridized carbons (Fsp3) is 0.294. The fourth-order valence-electron chi connectivity index (χ4n) is 2.22. The number of benzene rings is 1. The van der Waals surface area contributed by atoms with Crippen LogP contribution in [0, 0.1) is 0 Å². The summed E-state index contributed by atoms with van der Waals surface area (Å²) in [5.41, 5.74) is 0.912. The van der Waals surface area contributed by atoms with E-state index in [0.29, 0.717) is 5.82 Å². The topological polar surface area (TPSA) is 86.1 Å². The third-order valence-corrected chi connectivity index (χ3v) is 5.53. The van der Waals surface area contributed by atoms with Crippen molar-refractivity contribution in [3.8, 4) is 0 Å². The van der Waals surface area contributed by atoms with E-state index in [1.807, 2.05) is 38.1 Å². The average molecular weight is 390 g/mol. The molecule has 0 unspecified atom stereocenters. The number of amides is 1. The Kier molecular flexibility index (Phi) is 5.89. The molecule has 0 fully saturated rings. The van der Waals surface area contributed by atoms with Gasteiger partial charge in [-0.25, -0.2) is 9.67 Å². The molecule has 0 bridgehead atoms. The van der Waals surface area contributed by atoms with Gasteiger partial charge in [0.25, 0.3) is 5.91 Å². The first kappa shape index (κ1) is 18.4. The number of anilines is 1. The number of carbonyl (C=O) groups excluding carboxylic acids is 2. The minimum atomic E-state index is -0.457. The molecule has 136 valence electrons. The van der Waals surface area contributed by atoms with Crippen molar-refractivity contribution >= 4 is 51.0 Å². The Morgan fingerprint density at radius 3 is 2.88 bits per heavy atom. The molecule has 0 spiro atoms. The molecule has 9 heteroatoms. The second kappa shape index (κ2) is 8.33. The number of aromatic nitrogens is 3. The average Bonchev–Trinajstić information content (AvgIpc) is 3.24. The minimum absolute atomic E-state index is 0.108. The molecule has 0 radical (unpaired) electrons. The molecule has 1 aromatic carbocycles. The van der Waals surface area contributed by atoms with E-state index in [9.17, 15) is 9.59 Å². The Hall–Kier alpha value is -2.39. The molecule has 7 nitrogen and oxygen atoms in total. The van der Waals surface area contributed by atoms with E-state index in [4.69, 9.17) is 4.74 Å². The van der Waals surface area contributed by atoms with Crippen LogP contribution in [-0.2, 0) is 14.3 Å². The second-order valence-corrected chi connectivity index (χ2v) is 7.95. The Bertz CT molecular complexity index is 887. The van der Waals surface area contributed by atoms with Crippen molar-refractivity contribution < 1.29 is 14.3 Å². The van der Waals surface area contributed by atoms with Crippen LogP contribution in [0.15, 0.2) is 40.9 Å². The van der Waals surface area contributed by atoms with E-state index in [0.717, 1.165) is 14.6 Å². The zero-order valence-corrected chi connectivity index (χ0v) is 16.0. The molecular formula is C17H18N4O3S2. The van der Waals surface area contributed by atoms with Gasteiger partial charge >= 0.3 is 5.97 Å². The number of thioether (sulfide) groups is 1. The summed E-state index contributed by atoms with van der Waals surface area (Å²) < 4.78 is 8.58. The number of ether oxygens (including phenoxy) is 1. The Morgan fingerprint density at radius 2 is 2.12 bits per heavy atom. The van der Waals surface area contributed by atoms with Crippen LogP contribution in [-0.4, -0.2) is 39.0 Å². The predicted molar refractivity (Wildman–Crippen MR) is 103 cm³/mol. The lowest BCUT2D eigenvalue weighted by atomic mass is 10.3. The summed E-state index contributed by atoms with van der Waals surface area (Å²) in [7, 11) is 0. The van der Waals surface area contributed by atoms with Crippen molar-refractivity contribution in [1.82, 2.24) is 14.8 Å². The molecule has 2 heterocycles.